The highest BCUT2D eigenvalue weighted by atomic mass is 16.3. The fourth-order valence-corrected chi connectivity index (χ4v) is 6.99. The molecule has 50 heavy (non-hydrogen) atoms. The molecule has 234 valence electrons. The molecular weight excluding hydrogens is 615 g/mol. The Kier molecular flexibility index (Phi) is 6.39. The van der Waals surface area contributed by atoms with Gasteiger partial charge in [-0.3, -0.25) is 4.98 Å². The Balaban J connectivity index is 1.18. The number of furan rings is 1. The molecule has 0 saturated carbocycles. The van der Waals surface area contributed by atoms with Gasteiger partial charge in [0, 0.05) is 56.3 Å². The lowest BCUT2D eigenvalue weighted by Crippen LogP contribution is -2.00. The molecule has 0 aliphatic rings. The summed E-state index contributed by atoms with van der Waals surface area (Å²) in [5, 5.41) is 4.37. The minimum atomic E-state index is 0.564. The van der Waals surface area contributed by atoms with E-state index in [1.165, 1.54) is 5.39 Å². The molecule has 4 aromatic heterocycles. The van der Waals surface area contributed by atoms with E-state index < -0.39 is 0 Å². The first-order chi connectivity index (χ1) is 24.8. The van der Waals surface area contributed by atoms with Crippen LogP contribution in [0, 0.1) is 0 Å². The van der Waals surface area contributed by atoms with Gasteiger partial charge in [0.1, 0.15) is 5.58 Å². The third-order valence-corrected chi connectivity index (χ3v) is 9.33. The van der Waals surface area contributed by atoms with Crippen molar-refractivity contribution in [2.75, 3.05) is 0 Å². The van der Waals surface area contributed by atoms with E-state index in [-0.39, 0.29) is 0 Å². The highest BCUT2D eigenvalue weighted by molar-refractivity contribution is 6.21. The number of para-hydroxylation sites is 2. The highest BCUT2D eigenvalue weighted by Crippen LogP contribution is 2.41. The van der Waals surface area contributed by atoms with E-state index in [0.717, 1.165) is 71.9 Å². The van der Waals surface area contributed by atoms with Gasteiger partial charge in [-0.05, 0) is 71.8 Å². The molecule has 4 heterocycles. The summed E-state index contributed by atoms with van der Waals surface area (Å²) in [6, 6.07) is 52.1. The van der Waals surface area contributed by atoms with Gasteiger partial charge in [-0.2, -0.15) is 0 Å². The summed E-state index contributed by atoms with van der Waals surface area (Å²) >= 11 is 0. The van der Waals surface area contributed by atoms with Gasteiger partial charge in [0.25, 0.3) is 0 Å². The third-order valence-electron chi connectivity index (χ3n) is 9.33. The van der Waals surface area contributed by atoms with Crippen molar-refractivity contribution in [1.29, 1.82) is 0 Å². The Morgan fingerprint density at radius 1 is 0.440 bits per heavy atom. The van der Waals surface area contributed by atoms with Crippen LogP contribution in [0.2, 0.25) is 0 Å². The van der Waals surface area contributed by atoms with Crippen molar-refractivity contribution in [2.24, 2.45) is 0 Å². The molecule has 10 rings (SSSR count). The minimum Gasteiger partial charge on any atom is -0.454 e. The Morgan fingerprint density at radius 2 is 1.10 bits per heavy atom. The van der Waals surface area contributed by atoms with E-state index in [2.05, 4.69) is 101 Å². The van der Waals surface area contributed by atoms with Gasteiger partial charge in [0.15, 0.2) is 23.1 Å². The van der Waals surface area contributed by atoms with Gasteiger partial charge < -0.3 is 8.98 Å². The van der Waals surface area contributed by atoms with E-state index >= 15 is 0 Å². The van der Waals surface area contributed by atoms with Crippen LogP contribution in [-0.4, -0.2) is 24.5 Å². The molecule has 0 bridgehead atoms. The van der Waals surface area contributed by atoms with Crippen LogP contribution in [0.3, 0.4) is 0 Å². The molecule has 0 fully saturated rings. The standard InChI is InChI=1S/C44H27N5O/c1-3-11-28(12-4-1)29-13-9-14-30(25-29)42-46-43(48-44(47-42)32-15-10-24-45-27-32)31-20-23-39-37(26-31)36-22-21-35-34-18-7-8-19-38(34)49(40(35)41(36)50-39)33-16-5-2-6-17-33/h1-27H. The first-order valence-electron chi connectivity index (χ1n) is 16.5. The van der Waals surface area contributed by atoms with Crippen molar-refractivity contribution in [3.63, 3.8) is 0 Å². The molecule has 6 aromatic carbocycles. The van der Waals surface area contributed by atoms with Gasteiger partial charge >= 0.3 is 0 Å². The van der Waals surface area contributed by atoms with Crippen molar-refractivity contribution < 1.29 is 4.42 Å². The lowest BCUT2D eigenvalue weighted by atomic mass is 10.0. The number of rotatable bonds is 5. The number of nitrogens with zero attached hydrogens (tertiary/aromatic N) is 5. The molecule has 0 aliphatic carbocycles. The molecule has 0 radical (unpaired) electrons. The van der Waals surface area contributed by atoms with E-state index in [1.807, 2.05) is 60.7 Å². The van der Waals surface area contributed by atoms with Gasteiger partial charge in [0.05, 0.1) is 11.0 Å². The molecule has 6 nitrogen and oxygen atoms in total. The van der Waals surface area contributed by atoms with E-state index in [4.69, 9.17) is 19.4 Å². The predicted molar refractivity (Wildman–Crippen MR) is 201 cm³/mol. The summed E-state index contributed by atoms with van der Waals surface area (Å²) in [4.78, 5) is 19.3. The van der Waals surface area contributed by atoms with Crippen LogP contribution in [0.1, 0.15) is 0 Å². The maximum absolute atomic E-state index is 6.71. The summed E-state index contributed by atoms with van der Waals surface area (Å²) in [6.07, 6.45) is 3.54. The Hall–Kier alpha value is -6.92. The molecule has 0 aliphatic heterocycles. The summed E-state index contributed by atoms with van der Waals surface area (Å²) < 4.78 is 9.01. The molecular formula is C44H27N5O. The SMILES string of the molecule is c1ccc(-c2cccc(-c3nc(-c4cccnc4)nc(-c4ccc5oc6c(ccc7c8ccccc8n(-c8ccccc8)c76)c5c4)n3)c2)cc1. The number of aromatic nitrogens is 5. The minimum absolute atomic E-state index is 0.564. The van der Waals surface area contributed by atoms with Crippen LogP contribution >= 0.6 is 0 Å². The summed E-state index contributed by atoms with van der Waals surface area (Å²) in [5.74, 6) is 1.74. The van der Waals surface area contributed by atoms with Crippen molar-refractivity contribution in [3.8, 4) is 51.0 Å². The summed E-state index contributed by atoms with van der Waals surface area (Å²) in [5.41, 5.74) is 9.76. The predicted octanol–water partition coefficient (Wildman–Crippen LogP) is 10.9. The van der Waals surface area contributed by atoms with Crippen molar-refractivity contribution in [1.82, 2.24) is 24.5 Å². The second-order valence-corrected chi connectivity index (χ2v) is 12.3. The first-order valence-corrected chi connectivity index (χ1v) is 16.5. The number of hydrogen-bond donors (Lipinski definition) is 0. The number of benzene rings is 6. The largest absolute Gasteiger partial charge is 0.454 e. The monoisotopic (exact) mass is 641 g/mol. The average molecular weight is 642 g/mol. The zero-order valence-electron chi connectivity index (χ0n) is 26.7. The second kappa shape index (κ2) is 11.4. The van der Waals surface area contributed by atoms with E-state index in [0.29, 0.717) is 17.5 Å². The van der Waals surface area contributed by atoms with Crippen molar-refractivity contribution >= 4 is 43.7 Å². The second-order valence-electron chi connectivity index (χ2n) is 12.3. The maximum Gasteiger partial charge on any atom is 0.165 e. The first kappa shape index (κ1) is 28.1. The van der Waals surface area contributed by atoms with Gasteiger partial charge in [0.2, 0.25) is 0 Å². The summed E-state index contributed by atoms with van der Waals surface area (Å²) in [7, 11) is 0. The molecule has 0 N–H and O–H groups in total. The lowest BCUT2D eigenvalue weighted by molar-refractivity contribution is 0.671. The number of pyridine rings is 1. The fraction of sp³-hybridized carbons (Fsp3) is 0. The number of hydrogen-bond acceptors (Lipinski definition) is 5. The summed E-state index contributed by atoms with van der Waals surface area (Å²) in [6.45, 7) is 0. The zero-order chi connectivity index (χ0) is 33.0. The van der Waals surface area contributed by atoms with Crippen molar-refractivity contribution in [3.05, 3.63) is 164 Å². The Labute approximate surface area is 287 Å². The lowest BCUT2D eigenvalue weighted by Gasteiger charge is -2.09. The normalized spacial score (nSPS) is 11.6. The molecule has 0 amide bonds. The molecule has 6 heteroatoms. The van der Waals surface area contributed by atoms with Gasteiger partial charge in [-0.25, -0.2) is 15.0 Å². The highest BCUT2D eigenvalue weighted by Gasteiger charge is 2.20. The van der Waals surface area contributed by atoms with Crippen molar-refractivity contribution in [2.45, 2.75) is 0 Å². The third kappa shape index (κ3) is 4.58. The number of fused-ring (bicyclic) bond motifs is 7. The zero-order valence-corrected chi connectivity index (χ0v) is 26.7. The molecule has 10 aromatic rings. The van der Waals surface area contributed by atoms with E-state index in [9.17, 15) is 0 Å². The van der Waals surface area contributed by atoms with Crippen LogP contribution in [0.5, 0.6) is 0 Å². The van der Waals surface area contributed by atoms with Crippen LogP contribution in [0.4, 0.5) is 0 Å². The van der Waals surface area contributed by atoms with Crippen LogP contribution in [0.15, 0.2) is 168 Å². The van der Waals surface area contributed by atoms with Gasteiger partial charge in [-0.15, -0.1) is 0 Å². The molecule has 0 spiro atoms. The van der Waals surface area contributed by atoms with Crippen LogP contribution < -0.4 is 0 Å². The van der Waals surface area contributed by atoms with E-state index in [1.54, 1.807) is 12.4 Å². The smallest absolute Gasteiger partial charge is 0.165 e. The quantitative estimate of drug-likeness (QED) is 0.187. The van der Waals surface area contributed by atoms with Crippen LogP contribution in [0.25, 0.3) is 94.7 Å². The molecule has 0 unspecified atom stereocenters. The average Bonchev–Trinajstić information content (AvgIpc) is 3.74. The molecule has 0 atom stereocenters. The maximum atomic E-state index is 6.71. The van der Waals surface area contributed by atoms with Crippen LogP contribution in [-0.2, 0) is 0 Å². The van der Waals surface area contributed by atoms with Gasteiger partial charge in [-0.1, -0.05) is 91.0 Å². The topological polar surface area (TPSA) is 69.6 Å². The Bertz CT molecular complexity index is 2860. The fourth-order valence-electron chi connectivity index (χ4n) is 6.99. The Morgan fingerprint density at radius 3 is 1.90 bits per heavy atom. The molecule has 0 saturated heterocycles.